The van der Waals surface area contributed by atoms with Gasteiger partial charge in [0.05, 0.1) is 11.2 Å². The molecular formula is C28H24BO3. The van der Waals surface area contributed by atoms with E-state index in [-0.39, 0.29) is 0 Å². The first-order valence-corrected chi connectivity index (χ1v) is 11.0. The van der Waals surface area contributed by atoms with Gasteiger partial charge in [0.2, 0.25) is 0 Å². The Kier molecular flexibility index (Phi) is 3.96. The summed E-state index contributed by atoms with van der Waals surface area (Å²) < 4.78 is 12.3. The Labute approximate surface area is 187 Å². The molecule has 0 atom stereocenters. The zero-order valence-electron chi connectivity index (χ0n) is 18.7. The average Bonchev–Trinajstić information content (AvgIpc) is 3.29. The van der Waals surface area contributed by atoms with Crippen molar-refractivity contribution in [3.05, 3.63) is 66.7 Å². The van der Waals surface area contributed by atoms with Crippen molar-refractivity contribution < 1.29 is 14.2 Å². The third kappa shape index (κ3) is 2.70. The predicted octanol–water partition coefficient (Wildman–Crippen LogP) is 6.20. The van der Waals surface area contributed by atoms with Gasteiger partial charge in [0.25, 0.3) is 0 Å². The molecule has 6 rings (SSSR count). The topological polar surface area (TPSA) is 42.6 Å². The molecular weight excluding hydrogens is 395 g/mol. The highest BCUT2D eigenvalue weighted by molar-refractivity contribution is 6.47. The third-order valence-corrected chi connectivity index (χ3v) is 7.09. The fourth-order valence-corrected chi connectivity index (χ4v) is 4.55. The van der Waals surface area contributed by atoms with Crippen LogP contribution in [0, 0.1) is 0 Å². The van der Waals surface area contributed by atoms with Gasteiger partial charge in [-0.05, 0) is 62.1 Å². The highest BCUT2D eigenvalue weighted by Gasteiger charge is 2.36. The molecule has 0 saturated heterocycles. The monoisotopic (exact) mass is 419 g/mol. The molecule has 5 aromatic rings. The summed E-state index contributed by atoms with van der Waals surface area (Å²) in [6.45, 7) is 7.32. The number of para-hydroxylation sites is 1. The molecule has 1 aliphatic carbocycles. The average molecular weight is 419 g/mol. The Bertz CT molecular complexity index is 1540. The molecule has 1 N–H and O–H groups in total. The highest BCUT2D eigenvalue weighted by atomic mass is 16.5. The van der Waals surface area contributed by atoms with E-state index >= 15 is 0 Å². The van der Waals surface area contributed by atoms with Gasteiger partial charge in [-0.15, -0.1) is 0 Å². The first-order valence-electron chi connectivity index (χ1n) is 11.0. The molecule has 1 aromatic heterocycles. The van der Waals surface area contributed by atoms with Crippen LogP contribution in [-0.2, 0) is 4.65 Å². The molecule has 157 valence electrons. The van der Waals surface area contributed by atoms with Crippen molar-refractivity contribution in [2.75, 3.05) is 0 Å². The lowest BCUT2D eigenvalue weighted by Gasteiger charge is -2.37. The van der Waals surface area contributed by atoms with Crippen molar-refractivity contribution in [2.24, 2.45) is 0 Å². The zero-order chi connectivity index (χ0) is 22.3. The van der Waals surface area contributed by atoms with Gasteiger partial charge < -0.3 is 14.2 Å². The molecule has 3 nitrogen and oxygen atoms in total. The van der Waals surface area contributed by atoms with Crippen LogP contribution in [0.25, 0.3) is 55.0 Å². The standard InChI is InChI=1S/C28H24BO3/c1-27(2,30)28(3,4)32-29-16-12-13-17-19-9-7-10-20-25(19)22(21(17)14-16)15-23-18-8-5-6-11-24(18)31-26(20)23/h5-15,30H,1-4H3. The normalized spacial score (nSPS) is 13.3. The lowest BCUT2D eigenvalue weighted by molar-refractivity contribution is -0.0893. The molecule has 0 fully saturated rings. The highest BCUT2D eigenvalue weighted by Crippen LogP contribution is 2.50. The van der Waals surface area contributed by atoms with Crippen molar-refractivity contribution in [2.45, 2.75) is 38.9 Å². The van der Waals surface area contributed by atoms with Gasteiger partial charge in [0.15, 0.2) is 0 Å². The number of benzene rings is 4. The van der Waals surface area contributed by atoms with E-state index in [4.69, 9.17) is 9.07 Å². The number of furan rings is 1. The van der Waals surface area contributed by atoms with Crippen LogP contribution < -0.4 is 5.46 Å². The summed E-state index contributed by atoms with van der Waals surface area (Å²) >= 11 is 0. The molecule has 1 aliphatic rings. The van der Waals surface area contributed by atoms with Crippen LogP contribution in [0.15, 0.2) is 71.1 Å². The third-order valence-electron chi connectivity index (χ3n) is 7.09. The minimum atomic E-state index is -0.962. The second kappa shape index (κ2) is 6.47. The van der Waals surface area contributed by atoms with Gasteiger partial charge in [0.1, 0.15) is 11.2 Å². The van der Waals surface area contributed by atoms with Crippen LogP contribution in [0.5, 0.6) is 0 Å². The van der Waals surface area contributed by atoms with E-state index in [1.807, 2.05) is 26.0 Å². The van der Waals surface area contributed by atoms with E-state index in [1.165, 1.54) is 27.6 Å². The summed E-state index contributed by atoms with van der Waals surface area (Å²) in [5.74, 6) is 0. The SMILES string of the molecule is CC(C)(O)C(C)(C)O[B]c1ccc2c(c1)-c1cc3c4ccccc4oc3c3cccc-2c13. The Morgan fingerprint density at radius 2 is 1.53 bits per heavy atom. The van der Waals surface area contributed by atoms with E-state index in [2.05, 4.69) is 54.6 Å². The molecule has 4 aromatic carbocycles. The number of aliphatic hydroxyl groups is 1. The van der Waals surface area contributed by atoms with Crippen LogP contribution in [0.4, 0.5) is 0 Å². The van der Waals surface area contributed by atoms with Gasteiger partial charge in [-0.3, -0.25) is 0 Å². The van der Waals surface area contributed by atoms with Crippen molar-refractivity contribution in [1.82, 2.24) is 0 Å². The molecule has 4 heteroatoms. The molecule has 0 unspecified atom stereocenters. The second-order valence-electron chi connectivity index (χ2n) is 9.74. The molecule has 0 saturated carbocycles. The Morgan fingerprint density at radius 1 is 0.750 bits per heavy atom. The summed E-state index contributed by atoms with van der Waals surface area (Å²) in [6.07, 6.45) is 0. The Balaban J connectivity index is 1.52. The number of rotatable bonds is 4. The molecule has 1 heterocycles. The van der Waals surface area contributed by atoms with Crippen LogP contribution in [0.1, 0.15) is 27.7 Å². The van der Waals surface area contributed by atoms with E-state index < -0.39 is 11.2 Å². The smallest absolute Gasteiger partial charge is 0.330 e. The molecule has 0 amide bonds. The number of hydrogen-bond acceptors (Lipinski definition) is 3. The maximum absolute atomic E-state index is 10.4. The van der Waals surface area contributed by atoms with Crippen LogP contribution in [0.3, 0.4) is 0 Å². The van der Waals surface area contributed by atoms with Crippen LogP contribution in [0.2, 0.25) is 0 Å². The van der Waals surface area contributed by atoms with Crippen molar-refractivity contribution in [3.8, 4) is 22.3 Å². The van der Waals surface area contributed by atoms with E-state index in [0.29, 0.717) is 0 Å². The minimum Gasteiger partial charge on any atom is -0.455 e. The molecule has 32 heavy (non-hydrogen) atoms. The molecule has 0 aliphatic heterocycles. The van der Waals surface area contributed by atoms with Gasteiger partial charge >= 0.3 is 7.48 Å². The first-order chi connectivity index (χ1) is 15.2. The van der Waals surface area contributed by atoms with Crippen molar-refractivity contribution >= 4 is 45.7 Å². The van der Waals surface area contributed by atoms with Crippen molar-refractivity contribution in [3.63, 3.8) is 0 Å². The minimum absolute atomic E-state index is 0.711. The van der Waals surface area contributed by atoms with Crippen LogP contribution in [-0.4, -0.2) is 23.8 Å². The summed E-state index contributed by atoms with van der Waals surface area (Å²) in [4.78, 5) is 0. The first kappa shape index (κ1) is 19.6. The van der Waals surface area contributed by atoms with Gasteiger partial charge in [-0.25, -0.2) is 0 Å². The zero-order valence-corrected chi connectivity index (χ0v) is 18.7. The summed E-state index contributed by atoms with van der Waals surface area (Å²) in [6, 6.07) is 23.3. The summed E-state index contributed by atoms with van der Waals surface area (Å²) in [7, 11) is 1.75. The fourth-order valence-electron chi connectivity index (χ4n) is 4.55. The van der Waals surface area contributed by atoms with Gasteiger partial charge in [0, 0.05) is 21.5 Å². The summed E-state index contributed by atoms with van der Waals surface area (Å²) in [5.41, 5.74) is 6.04. The maximum atomic E-state index is 10.4. The Morgan fingerprint density at radius 3 is 2.34 bits per heavy atom. The fraction of sp³-hybridized carbons (Fsp3) is 0.214. The molecule has 1 radical (unpaired) electrons. The maximum Gasteiger partial charge on any atom is 0.330 e. The molecule has 0 spiro atoms. The number of hydrogen-bond donors (Lipinski definition) is 1. The van der Waals surface area contributed by atoms with E-state index in [1.54, 1.807) is 21.3 Å². The second-order valence-corrected chi connectivity index (χ2v) is 9.74. The van der Waals surface area contributed by atoms with Gasteiger partial charge in [-0.1, -0.05) is 60.1 Å². The van der Waals surface area contributed by atoms with Crippen molar-refractivity contribution in [1.29, 1.82) is 0 Å². The number of fused-ring (bicyclic) bond motifs is 7. The predicted molar refractivity (Wildman–Crippen MR) is 133 cm³/mol. The molecule has 0 bridgehead atoms. The van der Waals surface area contributed by atoms with E-state index in [0.717, 1.165) is 32.8 Å². The largest absolute Gasteiger partial charge is 0.455 e. The van der Waals surface area contributed by atoms with E-state index in [9.17, 15) is 5.11 Å². The van der Waals surface area contributed by atoms with Gasteiger partial charge in [-0.2, -0.15) is 0 Å². The lowest BCUT2D eigenvalue weighted by Crippen LogP contribution is -2.49. The lowest BCUT2D eigenvalue weighted by atomic mass is 9.81. The van der Waals surface area contributed by atoms with Crippen LogP contribution >= 0.6 is 0 Å². The quantitative estimate of drug-likeness (QED) is 0.346. The summed E-state index contributed by atoms with van der Waals surface area (Å²) in [5, 5.41) is 15.1. The Hall–Kier alpha value is -3.08.